The van der Waals surface area contributed by atoms with E-state index < -0.39 is 11.3 Å². The Bertz CT molecular complexity index is 345. The van der Waals surface area contributed by atoms with Crippen molar-refractivity contribution in [2.75, 3.05) is 19.7 Å². The Balaban J connectivity index is 2.23. The average molecular weight is 253 g/mol. The Kier molecular flexibility index (Phi) is 3.78. The van der Waals surface area contributed by atoms with E-state index in [1.54, 1.807) is 0 Å². The van der Waals surface area contributed by atoms with Crippen molar-refractivity contribution in [3.63, 3.8) is 0 Å². The summed E-state index contributed by atoms with van der Waals surface area (Å²) in [6, 6.07) is 0. The molecule has 1 saturated heterocycles. The van der Waals surface area contributed by atoms with Gasteiger partial charge in [0.05, 0.1) is 12.2 Å². The lowest BCUT2D eigenvalue weighted by atomic mass is 10.1. The SMILES string of the molecule is CCOC(=O)C1(N2CCCCC2)C=CC(C)(C)O1. The number of hydrogen-bond donors (Lipinski definition) is 0. The molecule has 0 radical (unpaired) electrons. The van der Waals surface area contributed by atoms with Gasteiger partial charge in [0.1, 0.15) is 0 Å². The van der Waals surface area contributed by atoms with E-state index in [0.29, 0.717) is 6.61 Å². The third-order valence-corrected chi connectivity index (χ3v) is 3.52. The molecule has 1 fully saturated rings. The summed E-state index contributed by atoms with van der Waals surface area (Å²) < 4.78 is 11.2. The molecule has 0 saturated carbocycles. The molecule has 18 heavy (non-hydrogen) atoms. The fourth-order valence-corrected chi connectivity index (χ4v) is 2.65. The molecule has 2 rings (SSSR count). The largest absolute Gasteiger partial charge is 0.463 e. The monoisotopic (exact) mass is 253 g/mol. The van der Waals surface area contributed by atoms with Crippen molar-refractivity contribution in [2.45, 2.75) is 51.4 Å². The predicted octanol–water partition coefficient (Wildman–Crippen LogP) is 2.10. The summed E-state index contributed by atoms with van der Waals surface area (Å²) in [7, 11) is 0. The van der Waals surface area contributed by atoms with E-state index in [-0.39, 0.29) is 5.97 Å². The molecule has 2 aliphatic heterocycles. The number of nitrogens with zero attached hydrogens (tertiary/aromatic N) is 1. The zero-order valence-electron chi connectivity index (χ0n) is 11.6. The highest BCUT2D eigenvalue weighted by Crippen LogP contribution is 2.36. The number of hydrogen-bond acceptors (Lipinski definition) is 4. The van der Waals surface area contributed by atoms with Crippen LogP contribution in [-0.2, 0) is 14.3 Å². The van der Waals surface area contributed by atoms with Crippen LogP contribution in [-0.4, -0.2) is 41.9 Å². The zero-order valence-corrected chi connectivity index (χ0v) is 11.6. The van der Waals surface area contributed by atoms with Gasteiger partial charge in [-0.05, 0) is 39.7 Å². The topological polar surface area (TPSA) is 38.8 Å². The van der Waals surface area contributed by atoms with Gasteiger partial charge in [0, 0.05) is 13.1 Å². The van der Waals surface area contributed by atoms with Crippen LogP contribution < -0.4 is 0 Å². The van der Waals surface area contributed by atoms with E-state index in [4.69, 9.17) is 9.47 Å². The van der Waals surface area contributed by atoms with E-state index in [1.807, 2.05) is 32.9 Å². The first-order valence-electron chi connectivity index (χ1n) is 6.83. The standard InChI is InChI=1S/C14H23NO3/c1-4-17-12(16)14(9-8-13(2,3)18-14)15-10-6-5-7-11-15/h8-9H,4-7,10-11H2,1-3H3. The van der Waals surface area contributed by atoms with Gasteiger partial charge in [-0.2, -0.15) is 0 Å². The normalized spacial score (nSPS) is 31.5. The lowest BCUT2D eigenvalue weighted by Gasteiger charge is -2.41. The summed E-state index contributed by atoms with van der Waals surface area (Å²) >= 11 is 0. The summed E-state index contributed by atoms with van der Waals surface area (Å²) in [5, 5.41) is 0. The Morgan fingerprint density at radius 1 is 1.28 bits per heavy atom. The van der Waals surface area contributed by atoms with Crippen LogP contribution in [0.3, 0.4) is 0 Å². The summed E-state index contributed by atoms with van der Waals surface area (Å²) in [4.78, 5) is 14.4. The van der Waals surface area contributed by atoms with Gasteiger partial charge in [-0.25, -0.2) is 4.79 Å². The number of carbonyl (C=O) groups excluding carboxylic acids is 1. The van der Waals surface area contributed by atoms with Crippen molar-refractivity contribution >= 4 is 5.97 Å². The predicted molar refractivity (Wildman–Crippen MR) is 69.1 cm³/mol. The van der Waals surface area contributed by atoms with Crippen LogP contribution >= 0.6 is 0 Å². The second kappa shape index (κ2) is 5.02. The highest BCUT2D eigenvalue weighted by molar-refractivity contribution is 5.82. The zero-order chi connectivity index (χ0) is 13.2. The van der Waals surface area contributed by atoms with E-state index in [1.165, 1.54) is 6.42 Å². The van der Waals surface area contributed by atoms with Gasteiger partial charge >= 0.3 is 5.97 Å². The molecule has 4 nitrogen and oxygen atoms in total. The molecule has 0 amide bonds. The van der Waals surface area contributed by atoms with Crippen LogP contribution in [0.15, 0.2) is 12.2 Å². The van der Waals surface area contributed by atoms with Crippen molar-refractivity contribution in [2.24, 2.45) is 0 Å². The van der Waals surface area contributed by atoms with Gasteiger partial charge in [0.15, 0.2) is 0 Å². The summed E-state index contributed by atoms with van der Waals surface area (Å²) in [6.45, 7) is 7.92. The fourth-order valence-electron chi connectivity index (χ4n) is 2.65. The maximum atomic E-state index is 12.3. The minimum atomic E-state index is -1.00. The van der Waals surface area contributed by atoms with E-state index in [9.17, 15) is 4.79 Å². The molecule has 1 atom stereocenters. The highest BCUT2D eigenvalue weighted by Gasteiger charge is 2.51. The van der Waals surface area contributed by atoms with Crippen LogP contribution in [0, 0.1) is 0 Å². The van der Waals surface area contributed by atoms with Crippen molar-refractivity contribution in [1.29, 1.82) is 0 Å². The van der Waals surface area contributed by atoms with Crippen LogP contribution in [0.25, 0.3) is 0 Å². The van der Waals surface area contributed by atoms with Crippen LogP contribution in [0.5, 0.6) is 0 Å². The molecule has 1 unspecified atom stereocenters. The first-order valence-corrected chi connectivity index (χ1v) is 6.83. The van der Waals surface area contributed by atoms with Crippen molar-refractivity contribution in [1.82, 2.24) is 4.90 Å². The van der Waals surface area contributed by atoms with Gasteiger partial charge in [-0.15, -0.1) is 0 Å². The molecule has 102 valence electrons. The Morgan fingerprint density at radius 3 is 2.44 bits per heavy atom. The lowest BCUT2D eigenvalue weighted by molar-refractivity contribution is -0.203. The molecule has 0 spiro atoms. The number of carbonyl (C=O) groups is 1. The first-order chi connectivity index (χ1) is 8.50. The molecule has 0 aliphatic carbocycles. The fraction of sp³-hybridized carbons (Fsp3) is 0.786. The van der Waals surface area contributed by atoms with E-state index in [2.05, 4.69) is 4.90 Å². The lowest BCUT2D eigenvalue weighted by Crippen LogP contribution is -2.57. The number of esters is 1. The van der Waals surface area contributed by atoms with Crippen molar-refractivity contribution in [3.8, 4) is 0 Å². The molecule has 0 aromatic carbocycles. The Labute approximate surface area is 109 Å². The van der Waals surface area contributed by atoms with E-state index >= 15 is 0 Å². The quantitative estimate of drug-likeness (QED) is 0.570. The van der Waals surface area contributed by atoms with Gasteiger partial charge in [0.25, 0.3) is 0 Å². The van der Waals surface area contributed by atoms with Crippen LogP contribution in [0.2, 0.25) is 0 Å². The molecule has 0 aromatic heterocycles. The van der Waals surface area contributed by atoms with E-state index in [0.717, 1.165) is 25.9 Å². The van der Waals surface area contributed by atoms with Gasteiger partial charge in [-0.1, -0.05) is 12.5 Å². The van der Waals surface area contributed by atoms with Crippen molar-refractivity contribution in [3.05, 3.63) is 12.2 Å². The third-order valence-electron chi connectivity index (χ3n) is 3.52. The molecule has 4 heteroatoms. The highest BCUT2D eigenvalue weighted by atomic mass is 16.6. The maximum Gasteiger partial charge on any atom is 0.358 e. The molecule has 2 aliphatic rings. The van der Waals surface area contributed by atoms with Crippen LogP contribution in [0.1, 0.15) is 40.0 Å². The van der Waals surface area contributed by atoms with Crippen LogP contribution in [0.4, 0.5) is 0 Å². The molecule has 2 heterocycles. The number of rotatable bonds is 3. The number of likely N-dealkylation sites (tertiary alicyclic amines) is 1. The van der Waals surface area contributed by atoms with Gasteiger partial charge in [-0.3, -0.25) is 4.90 Å². The summed E-state index contributed by atoms with van der Waals surface area (Å²) in [5.74, 6) is -0.284. The Morgan fingerprint density at radius 2 is 1.94 bits per heavy atom. The maximum absolute atomic E-state index is 12.3. The van der Waals surface area contributed by atoms with Gasteiger partial charge in [0.2, 0.25) is 5.72 Å². The smallest absolute Gasteiger partial charge is 0.358 e. The molecule has 0 N–H and O–H groups in total. The number of piperidine rings is 1. The molecular formula is C14H23NO3. The van der Waals surface area contributed by atoms with Crippen molar-refractivity contribution < 1.29 is 14.3 Å². The Hall–Kier alpha value is -0.870. The third kappa shape index (κ3) is 2.45. The first kappa shape index (κ1) is 13.6. The average Bonchev–Trinajstić information content (AvgIpc) is 2.68. The molecule has 0 aromatic rings. The van der Waals surface area contributed by atoms with Gasteiger partial charge < -0.3 is 9.47 Å². The second-order valence-electron chi connectivity index (χ2n) is 5.50. The second-order valence-corrected chi connectivity index (χ2v) is 5.50. The minimum absolute atomic E-state index is 0.284. The minimum Gasteiger partial charge on any atom is -0.463 e. The summed E-state index contributed by atoms with van der Waals surface area (Å²) in [6.07, 6.45) is 7.27. The summed E-state index contributed by atoms with van der Waals surface area (Å²) in [5.41, 5.74) is -1.41. The molecular weight excluding hydrogens is 230 g/mol. The molecule has 0 bridgehead atoms. The number of ether oxygens (including phenoxy) is 2.